The van der Waals surface area contributed by atoms with Crippen molar-refractivity contribution in [1.82, 2.24) is 4.98 Å². The molecule has 0 saturated carbocycles. The minimum absolute atomic E-state index is 0.371. The predicted molar refractivity (Wildman–Crippen MR) is 107 cm³/mol. The van der Waals surface area contributed by atoms with Crippen LogP contribution in [0.4, 0.5) is 5.69 Å². The van der Waals surface area contributed by atoms with E-state index < -0.39 is 5.97 Å². The maximum Gasteiger partial charge on any atom is 0.345 e. The number of ether oxygens (including phenoxy) is 1. The summed E-state index contributed by atoms with van der Waals surface area (Å²) in [5.41, 5.74) is 1.69. The summed E-state index contributed by atoms with van der Waals surface area (Å²) in [7, 11) is 0. The second-order valence-corrected chi connectivity index (χ2v) is 6.96. The Labute approximate surface area is 168 Å². The summed E-state index contributed by atoms with van der Waals surface area (Å²) < 4.78 is 6.15. The number of nitrogens with zero attached hydrogens (tertiary/aromatic N) is 2. The SMILES string of the molecule is O=C(Oc1cc(Br)cc(C=Nc2ccc(Cl)cc2Cl)c1)c1cccnc1. The lowest BCUT2D eigenvalue weighted by Crippen LogP contribution is -2.08. The molecule has 3 aromatic rings. The van der Waals surface area contributed by atoms with Gasteiger partial charge in [0, 0.05) is 28.1 Å². The summed E-state index contributed by atoms with van der Waals surface area (Å²) in [4.78, 5) is 20.4. The number of hydrogen-bond acceptors (Lipinski definition) is 4. The van der Waals surface area contributed by atoms with Crippen LogP contribution in [0.3, 0.4) is 0 Å². The summed E-state index contributed by atoms with van der Waals surface area (Å²) >= 11 is 15.4. The number of rotatable bonds is 4. The highest BCUT2D eigenvalue weighted by molar-refractivity contribution is 9.10. The van der Waals surface area contributed by atoms with Gasteiger partial charge >= 0.3 is 5.97 Å². The van der Waals surface area contributed by atoms with Gasteiger partial charge in [-0.05, 0) is 54.1 Å². The van der Waals surface area contributed by atoms with Crippen molar-refractivity contribution in [1.29, 1.82) is 0 Å². The van der Waals surface area contributed by atoms with Crippen LogP contribution < -0.4 is 4.74 Å². The molecular weight excluding hydrogens is 439 g/mol. The molecule has 4 nitrogen and oxygen atoms in total. The van der Waals surface area contributed by atoms with Gasteiger partial charge in [0.15, 0.2) is 0 Å². The van der Waals surface area contributed by atoms with Crippen molar-refractivity contribution in [2.24, 2.45) is 4.99 Å². The van der Waals surface area contributed by atoms with Crippen LogP contribution in [0.2, 0.25) is 10.0 Å². The Morgan fingerprint density at radius 3 is 2.73 bits per heavy atom. The molecule has 0 aliphatic heterocycles. The predicted octanol–water partition coefficient (Wildman–Crippen LogP) is 6.12. The van der Waals surface area contributed by atoms with Gasteiger partial charge in [-0.15, -0.1) is 0 Å². The van der Waals surface area contributed by atoms with Crippen LogP contribution in [0, 0.1) is 0 Å². The molecule has 0 spiro atoms. The third-order valence-electron chi connectivity index (χ3n) is 3.26. The van der Waals surface area contributed by atoms with E-state index in [0.29, 0.717) is 27.0 Å². The number of benzene rings is 2. The summed E-state index contributed by atoms with van der Waals surface area (Å²) in [6, 6.07) is 13.6. The first-order valence-electron chi connectivity index (χ1n) is 7.43. The van der Waals surface area contributed by atoms with Crippen molar-refractivity contribution in [2.75, 3.05) is 0 Å². The molecule has 2 aromatic carbocycles. The lowest BCUT2D eigenvalue weighted by Gasteiger charge is -2.06. The number of hydrogen-bond donors (Lipinski definition) is 0. The molecule has 1 aromatic heterocycles. The molecule has 26 heavy (non-hydrogen) atoms. The topological polar surface area (TPSA) is 51.5 Å². The lowest BCUT2D eigenvalue weighted by molar-refractivity contribution is 0.0734. The van der Waals surface area contributed by atoms with Crippen LogP contribution >= 0.6 is 39.1 Å². The van der Waals surface area contributed by atoms with Gasteiger partial charge in [-0.25, -0.2) is 4.79 Å². The average Bonchev–Trinajstić information content (AvgIpc) is 2.61. The number of carbonyl (C=O) groups excluding carboxylic acids is 1. The van der Waals surface area contributed by atoms with E-state index in [1.807, 2.05) is 6.07 Å². The third-order valence-corrected chi connectivity index (χ3v) is 4.26. The van der Waals surface area contributed by atoms with Gasteiger partial charge in [0.05, 0.1) is 16.3 Å². The van der Waals surface area contributed by atoms with E-state index >= 15 is 0 Å². The van der Waals surface area contributed by atoms with Crippen LogP contribution in [0.15, 0.2) is 70.4 Å². The standard InChI is InChI=1S/C19H11BrCl2N2O2/c20-14-6-12(10-24-18-4-3-15(21)9-17(18)22)7-16(8-14)26-19(25)13-2-1-5-23-11-13/h1-11H. The lowest BCUT2D eigenvalue weighted by atomic mass is 10.2. The Morgan fingerprint density at radius 2 is 2.00 bits per heavy atom. The molecule has 0 aliphatic carbocycles. The first-order valence-corrected chi connectivity index (χ1v) is 8.98. The maximum absolute atomic E-state index is 12.2. The summed E-state index contributed by atoms with van der Waals surface area (Å²) in [5, 5.41) is 0.994. The molecule has 0 N–H and O–H groups in total. The number of aromatic nitrogens is 1. The average molecular weight is 450 g/mol. The molecule has 7 heteroatoms. The van der Waals surface area contributed by atoms with Crippen molar-refractivity contribution in [3.05, 3.63) is 86.6 Å². The van der Waals surface area contributed by atoms with Crippen LogP contribution in [0.5, 0.6) is 5.75 Å². The summed E-state index contributed by atoms with van der Waals surface area (Å²) in [6.45, 7) is 0. The number of carbonyl (C=O) groups is 1. The molecular formula is C19H11BrCl2N2O2. The number of esters is 1. The van der Waals surface area contributed by atoms with Crippen molar-refractivity contribution >= 4 is 57.0 Å². The minimum atomic E-state index is -0.486. The molecule has 1 heterocycles. The minimum Gasteiger partial charge on any atom is -0.423 e. The first-order chi connectivity index (χ1) is 12.5. The largest absolute Gasteiger partial charge is 0.423 e. The second-order valence-electron chi connectivity index (χ2n) is 5.21. The maximum atomic E-state index is 12.2. The molecule has 0 radical (unpaired) electrons. The van der Waals surface area contributed by atoms with E-state index in [9.17, 15) is 4.79 Å². The Kier molecular flexibility index (Phi) is 6.04. The van der Waals surface area contributed by atoms with E-state index in [1.165, 1.54) is 6.20 Å². The molecule has 0 fully saturated rings. The monoisotopic (exact) mass is 448 g/mol. The molecule has 0 saturated heterocycles. The van der Waals surface area contributed by atoms with Crippen LogP contribution in [0.25, 0.3) is 0 Å². The van der Waals surface area contributed by atoms with Gasteiger partial charge in [0.25, 0.3) is 0 Å². The Bertz CT molecular complexity index is 979. The first kappa shape index (κ1) is 18.6. The molecule has 3 rings (SSSR count). The van der Waals surface area contributed by atoms with Crippen molar-refractivity contribution in [3.8, 4) is 5.75 Å². The quantitative estimate of drug-likeness (QED) is 0.274. The molecule has 0 amide bonds. The fourth-order valence-electron chi connectivity index (χ4n) is 2.10. The van der Waals surface area contributed by atoms with Crippen LogP contribution in [0.1, 0.15) is 15.9 Å². The van der Waals surface area contributed by atoms with Crippen LogP contribution in [-0.2, 0) is 0 Å². The molecule has 130 valence electrons. The summed E-state index contributed by atoms with van der Waals surface area (Å²) in [6.07, 6.45) is 4.67. The van der Waals surface area contributed by atoms with E-state index in [1.54, 1.807) is 54.9 Å². The van der Waals surface area contributed by atoms with Gasteiger partial charge in [0.1, 0.15) is 5.75 Å². The second kappa shape index (κ2) is 8.45. The Morgan fingerprint density at radius 1 is 1.15 bits per heavy atom. The van der Waals surface area contributed by atoms with Gasteiger partial charge in [-0.2, -0.15) is 0 Å². The molecule has 0 atom stereocenters. The highest BCUT2D eigenvalue weighted by Gasteiger charge is 2.09. The zero-order valence-corrected chi connectivity index (χ0v) is 16.3. The van der Waals surface area contributed by atoms with E-state index in [0.717, 1.165) is 10.0 Å². The highest BCUT2D eigenvalue weighted by atomic mass is 79.9. The van der Waals surface area contributed by atoms with E-state index in [2.05, 4.69) is 25.9 Å². The van der Waals surface area contributed by atoms with Gasteiger partial charge in [0.2, 0.25) is 0 Å². The highest BCUT2D eigenvalue weighted by Crippen LogP contribution is 2.28. The normalized spacial score (nSPS) is 10.9. The summed E-state index contributed by atoms with van der Waals surface area (Å²) in [5.74, 6) is -0.100. The molecule has 0 bridgehead atoms. The van der Waals surface area contributed by atoms with E-state index in [4.69, 9.17) is 27.9 Å². The van der Waals surface area contributed by atoms with Crippen molar-refractivity contribution in [2.45, 2.75) is 0 Å². The Balaban J connectivity index is 1.81. The van der Waals surface area contributed by atoms with Gasteiger partial charge < -0.3 is 4.74 Å². The van der Waals surface area contributed by atoms with Gasteiger partial charge in [-0.3, -0.25) is 9.98 Å². The smallest absolute Gasteiger partial charge is 0.345 e. The molecule has 0 aliphatic rings. The van der Waals surface area contributed by atoms with Crippen LogP contribution in [-0.4, -0.2) is 17.2 Å². The zero-order chi connectivity index (χ0) is 18.5. The number of halogens is 3. The van der Waals surface area contributed by atoms with Crippen molar-refractivity contribution < 1.29 is 9.53 Å². The zero-order valence-electron chi connectivity index (χ0n) is 13.2. The fraction of sp³-hybridized carbons (Fsp3) is 0. The fourth-order valence-corrected chi connectivity index (χ4v) is 3.04. The van der Waals surface area contributed by atoms with Crippen molar-refractivity contribution in [3.63, 3.8) is 0 Å². The number of pyridine rings is 1. The number of aliphatic imine (C=N–C) groups is 1. The molecule has 0 unspecified atom stereocenters. The Hall–Kier alpha value is -2.21. The third kappa shape index (κ3) is 4.91. The van der Waals surface area contributed by atoms with Gasteiger partial charge in [-0.1, -0.05) is 39.1 Å². The van der Waals surface area contributed by atoms with E-state index in [-0.39, 0.29) is 0 Å².